The van der Waals surface area contributed by atoms with Crippen LogP contribution in [0, 0.1) is 0 Å². The predicted octanol–water partition coefficient (Wildman–Crippen LogP) is 6.80. The summed E-state index contributed by atoms with van der Waals surface area (Å²) in [5, 5.41) is 2.34. The lowest BCUT2D eigenvalue weighted by Crippen LogP contribution is -2.18. The molecule has 0 fully saturated rings. The van der Waals surface area contributed by atoms with Crippen LogP contribution in [0.5, 0.6) is 0 Å². The molecule has 0 saturated heterocycles. The second-order valence-corrected chi connectivity index (χ2v) is 8.93. The van der Waals surface area contributed by atoms with E-state index in [-0.39, 0.29) is 11.4 Å². The number of nitrogens with one attached hydrogen (secondary N) is 1. The Morgan fingerprint density at radius 2 is 1.81 bits per heavy atom. The Bertz CT molecular complexity index is 1270. The molecule has 1 amide bonds. The Hall–Kier alpha value is -3.17. The molecule has 0 bridgehead atoms. The minimum atomic E-state index is -4.54. The van der Waals surface area contributed by atoms with E-state index in [9.17, 15) is 18.0 Å². The van der Waals surface area contributed by atoms with Gasteiger partial charge in [-0.25, -0.2) is 4.98 Å². The van der Waals surface area contributed by atoms with Crippen molar-refractivity contribution in [2.45, 2.75) is 10.5 Å². The van der Waals surface area contributed by atoms with Crippen molar-refractivity contribution in [2.75, 3.05) is 11.1 Å². The molecule has 1 aromatic heterocycles. The number of aliphatic imine (C=N–C) groups is 1. The topological polar surface area (TPSA) is 54.4 Å². The van der Waals surface area contributed by atoms with Crippen LogP contribution in [0.25, 0.3) is 10.2 Å². The molecule has 1 heterocycles. The molecule has 4 aromatic rings. The number of benzene rings is 3. The van der Waals surface area contributed by atoms with Gasteiger partial charge in [0.2, 0.25) is 5.91 Å². The van der Waals surface area contributed by atoms with Gasteiger partial charge in [-0.3, -0.25) is 9.79 Å². The van der Waals surface area contributed by atoms with Crippen LogP contribution in [0.3, 0.4) is 0 Å². The highest BCUT2D eigenvalue weighted by molar-refractivity contribution is 8.01. The van der Waals surface area contributed by atoms with Gasteiger partial charge in [0.1, 0.15) is 0 Å². The Labute approximate surface area is 190 Å². The van der Waals surface area contributed by atoms with Crippen LogP contribution in [0.4, 0.5) is 24.5 Å². The van der Waals surface area contributed by atoms with Crippen LogP contribution < -0.4 is 5.32 Å². The number of fused-ring (bicyclic) bond motifs is 1. The molecule has 4 rings (SSSR count). The first-order valence-electron chi connectivity index (χ1n) is 9.47. The summed E-state index contributed by atoms with van der Waals surface area (Å²) in [5.41, 5.74) is 1.42. The molecule has 3 aromatic carbocycles. The summed E-state index contributed by atoms with van der Waals surface area (Å²) < 4.78 is 40.8. The summed E-state index contributed by atoms with van der Waals surface area (Å²) in [6.45, 7) is 0. The number of amides is 1. The van der Waals surface area contributed by atoms with Crippen molar-refractivity contribution in [3.63, 3.8) is 0 Å². The Balaban J connectivity index is 1.41. The van der Waals surface area contributed by atoms with Gasteiger partial charge in [0.15, 0.2) is 4.34 Å². The molecule has 162 valence electrons. The van der Waals surface area contributed by atoms with E-state index in [1.165, 1.54) is 41.3 Å². The van der Waals surface area contributed by atoms with Gasteiger partial charge in [-0.2, -0.15) is 13.2 Å². The fourth-order valence-corrected chi connectivity index (χ4v) is 4.78. The van der Waals surface area contributed by atoms with Crippen LogP contribution in [-0.2, 0) is 11.0 Å². The number of rotatable bonds is 6. The van der Waals surface area contributed by atoms with Gasteiger partial charge in [-0.15, -0.1) is 11.3 Å². The third kappa shape index (κ3) is 5.54. The standard InChI is InChI=1S/C23H16F3N3OS2/c24-23(25,26)17-8-4-5-9-18(17)28-21(30)14-31-22-29-19-11-10-16(12-20(19)32-22)27-13-15-6-2-1-3-7-15/h1-13H,14H2,(H,28,30). The summed E-state index contributed by atoms with van der Waals surface area (Å²) in [6, 6.07) is 20.3. The van der Waals surface area contributed by atoms with Gasteiger partial charge in [-0.05, 0) is 35.9 Å². The van der Waals surface area contributed by atoms with Crippen molar-refractivity contribution in [3.05, 3.63) is 83.9 Å². The first-order chi connectivity index (χ1) is 15.4. The van der Waals surface area contributed by atoms with E-state index in [2.05, 4.69) is 15.3 Å². The molecule has 1 N–H and O–H groups in total. The van der Waals surface area contributed by atoms with Crippen molar-refractivity contribution >= 4 is 56.8 Å². The highest BCUT2D eigenvalue weighted by Gasteiger charge is 2.33. The number of thioether (sulfide) groups is 1. The molecule has 0 atom stereocenters. The van der Waals surface area contributed by atoms with Gasteiger partial charge >= 0.3 is 6.18 Å². The van der Waals surface area contributed by atoms with Crippen LogP contribution in [-0.4, -0.2) is 22.9 Å². The number of hydrogen-bond donors (Lipinski definition) is 1. The molecule has 0 aliphatic heterocycles. The van der Waals surface area contributed by atoms with Crippen LogP contribution in [0.1, 0.15) is 11.1 Å². The molecule has 0 spiro atoms. The number of para-hydroxylation sites is 1. The van der Waals surface area contributed by atoms with Gasteiger partial charge in [-0.1, -0.05) is 54.2 Å². The smallest absolute Gasteiger partial charge is 0.325 e. The number of thiazole rings is 1. The van der Waals surface area contributed by atoms with Crippen molar-refractivity contribution in [1.82, 2.24) is 4.98 Å². The van der Waals surface area contributed by atoms with Crippen molar-refractivity contribution in [3.8, 4) is 0 Å². The summed E-state index contributed by atoms with van der Waals surface area (Å²) in [5.74, 6) is -0.579. The maximum Gasteiger partial charge on any atom is 0.418 e. The minimum Gasteiger partial charge on any atom is -0.325 e. The lowest BCUT2D eigenvalue weighted by molar-refractivity contribution is -0.137. The average Bonchev–Trinajstić information content (AvgIpc) is 3.19. The zero-order valence-corrected chi connectivity index (χ0v) is 18.1. The fourth-order valence-electron chi connectivity index (χ4n) is 2.88. The first kappa shape index (κ1) is 22.0. The minimum absolute atomic E-state index is 0.0506. The van der Waals surface area contributed by atoms with Crippen molar-refractivity contribution in [1.29, 1.82) is 0 Å². The molecule has 32 heavy (non-hydrogen) atoms. The fraction of sp³-hybridized carbons (Fsp3) is 0.0870. The second-order valence-electron chi connectivity index (χ2n) is 6.68. The molecule has 0 saturated carbocycles. The number of hydrogen-bond acceptors (Lipinski definition) is 5. The zero-order valence-electron chi connectivity index (χ0n) is 16.5. The van der Waals surface area contributed by atoms with Gasteiger partial charge < -0.3 is 5.32 Å². The van der Waals surface area contributed by atoms with Crippen molar-refractivity contribution in [2.24, 2.45) is 4.99 Å². The third-order valence-corrected chi connectivity index (χ3v) is 6.51. The summed E-state index contributed by atoms with van der Waals surface area (Å²) >= 11 is 2.59. The second kappa shape index (κ2) is 9.54. The SMILES string of the molecule is O=C(CSc1nc2ccc(N=Cc3ccccc3)cc2s1)Nc1ccccc1C(F)(F)F. The molecule has 0 aliphatic carbocycles. The van der Waals surface area contributed by atoms with Crippen LogP contribution in [0.15, 0.2) is 82.1 Å². The van der Waals surface area contributed by atoms with E-state index in [0.29, 0.717) is 4.34 Å². The lowest BCUT2D eigenvalue weighted by atomic mass is 10.1. The van der Waals surface area contributed by atoms with Gasteiger partial charge in [0.25, 0.3) is 0 Å². The average molecular weight is 472 g/mol. The number of halogens is 3. The third-order valence-electron chi connectivity index (χ3n) is 4.35. The zero-order chi connectivity index (χ0) is 22.6. The van der Waals surface area contributed by atoms with Crippen molar-refractivity contribution < 1.29 is 18.0 Å². The van der Waals surface area contributed by atoms with Gasteiger partial charge in [0, 0.05) is 6.21 Å². The number of anilines is 1. The highest BCUT2D eigenvalue weighted by atomic mass is 32.2. The van der Waals surface area contributed by atoms with Crippen LogP contribution in [0.2, 0.25) is 0 Å². The number of nitrogens with zero attached hydrogens (tertiary/aromatic N) is 2. The maximum atomic E-state index is 13.1. The normalized spacial score (nSPS) is 11.8. The van der Waals surface area contributed by atoms with E-state index in [1.807, 2.05) is 48.5 Å². The highest BCUT2D eigenvalue weighted by Crippen LogP contribution is 2.35. The molecular formula is C23H16F3N3OS2. The molecule has 0 radical (unpaired) electrons. The quantitative estimate of drug-likeness (QED) is 0.249. The van der Waals surface area contributed by atoms with Gasteiger partial charge in [0.05, 0.1) is 32.9 Å². The predicted molar refractivity (Wildman–Crippen MR) is 124 cm³/mol. The Morgan fingerprint density at radius 3 is 2.59 bits per heavy atom. The molecule has 4 nitrogen and oxygen atoms in total. The van der Waals surface area contributed by atoms with Crippen LogP contribution >= 0.6 is 23.1 Å². The summed E-state index contributed by atoms with van der Waals surface area (Å²) in [6.07, 6.45) is -2.76. The monoisotopic (exact) mass is 471 g/mol. The first-order valence-corrected chi connectivity index (χ1v) is 11.3. The maximum absolute atomic E-state index is 13.1. The molecule has 0 unspecified atom stereocenters. The van der Waals surface area contributed by atoms with E-state index >= 15 is 0 Å². The Morgan fingerprint density at radius 1 is 1.06 bits per heavy atom. The number of aromatic nitrogens is 1. The molecule has 9 heteroatoms. The largest absolute Gasteiger partial charge is 0.418 e. The molecule has 0 aliphatic rings. The van der Waals surface area contributed by atoms with E-state index in [1.54, 1.807) is 6.21 Å². The number of carbonyl (C=O) groups is 1. The molecular weight excluding hydrogens is 455 g/mol. The summed E-state index contributed by atoms with van der Waals surface area (Å²) in [7, 11) is 0. The summed E-state index contributed by atoms with van der Waals surface area (Å²) in [4.78, 5) is 21.2. The van der Waals surface area contributed by atoms with E-state index in [0.717, 1.165) is 27.5 Å². The number of carbonyl (C=O) groups excluding carboxylic acids is 1. The Kier molecular flexibility index (Phi) is 6.57. The van der Waals surface area contributed by atoms with E-state index < -0.39 is 17.6 Å². The lowest BCUT2D eigenvalue weighted by Gasteiger charge is -2.13. The van der Waals surface area contributed by atoms with E-state index in [4.69, 9.17) is 0 Å². The number of alkyl halides is 3.